The molecule has 27 heavy (non-hydrogen) atoms. The Kier molecular flexibility index (Phi) is 6.04. The summed E-state index contributed by atoms with van der Waals surface area (Å²) in [4.78, 5) is 11.7. The lowest BCUT2D eigenvalue weighted by atomic mass is 10.0. The van der Waals surface area contributed by atoms with E-state index in [-0.39, 0.29) is 0 Å². The molecule has 3 rings (SSSR count). The maximum atomic E-state index is 5.36. The molecule has 2 heterocycles. The van der Waals surface area contributed by atoms with E-state index in [4.69, 9.17) is 14.5 Å². The van der Waals surface area contributed by atoms with Crippen molar-refractivity contribution in [3.05, 3.63) is 35.8 Å². The molecule has 0 unspecified atom stereocenters. The normalized spacial score (nSPS) is 15.1. The Morgan fingerprint density at radius 2 is 1.63 bits per heavy atom. The number of anilines is 2. The first kappa shape index (κ1) is 19.3. The van der Waals surface area contributed by atoms with Gasteiger partial charge in [-0.25, -0.2) is 9.97 Å². The van der Waals surface area contributed by atoms with Crippen LogP contribution in [0.25, 0.3) is 0 Å². The first-order valence-electron chi connectivity index (χ1n) is 9.58. The number of rotatable bonds is 6. The second-order valence-corrected chi connectivity index (χ2v) is 7.39. The molecule has 0 bridgehead atoms. The van der Waals surface area contributed by atoms with E-state index < -0.39 is 0 Å². The molecule has 0 radical (unpaired) electrons. The fourth-order valence-corrected chi connectivity index (χ4v) is 3.37. The first-order chi connectivity index (χ1) is 13.0. The second-order valence-electron chi connectivity index (χ2n) is 7.39. The first-order valence-corrected chi connectivity index (χ1v) is 9.58. The van der Waals surface area contributed by atoms with Gasteiger partial charge >= 0.3 is 0 Å². The van der Waals surface area contributed by atoms with Crippen LogP contribution in [0.4, 0.5) is 11.5 Å². The molecule has 1 saturated heterocycles. The van der Waals surface area contributed by atoms with Crippen molar-refractivity contribution in [3.8, 4) is 11.5 Å². The summed E-state index contributed by atoms with van der Waals surface area (Å²) in [5.74, 6) is 3.91. The van der Waals surface area contributed by atoms with Crippen LogP contribution in [0.1, 0.15) is 44.1 Å². The van der Waals surface area contributed by atoms with Crippen LogP contribution in [-0.2, 0) is 0 Å². The molecule has 0 amide bonds. The zero-order chi connectivity index (χ0) is 19.4. The third-order valence-electron chi connectivity index (χ3n) is 4.92. The maximum absolute atomic E-state index is 5.36. The van der Waals surface area contributed by atoms with Gasteiger partial charge in [0.1, 0.15) is 23.1 Å². The Hall–Kier alpha value is -2.50. The van der Waals surface area contributed by atoms with Gasteiger partial charge in [0.2, 0.25) is 0 Å². The average molecular weight is 370 g/mol. The van der Waals surface area contributed by atoms with E-state index in [2.05, 4.69) is 35.1 Å². The van der Waals surface area contributed by atoms with E-state index in [1.165, 1.54) is 0 Å². The van der Waals surface area contributed by atoms with Gasteiger partial charge in [-0.15, -0.1) is 0 Å². The Bertz CT molecular complexity index is 749. The van der Waals surface area contributed by atoms with Crippen molar-refractivity contribution in [2.24, 2.45) is 0 Å². The Balaban J connectivity index is 1.64. The van der Waals surface area contributed by atoms with E-state index >= 15 is 0 Å². The van der Waals surface area contributed by atoms with Gasteiger partial charge in [-0.3, -0.25) is 0 Å². The quantitative estimate of drug-likeness (QED) is 0.829. The van der Waals surface area contributed by atoms with Gasteiger partial charge in [-0.1, -0.05) is 13.8 Å². The lowest BCUT2D eigenvalue weighted by molar-refractivity contribution is 0.394. The third-order valence-corrected chi connectivity index (χ3v) is 4.92. The van der Waals surface area contributed by atoms with Crippen LogP contribution in [0.15, 0.2) is 24.3 Å². The number of benzene rings is 1. The van der Waals surface area contributed by atoms with Gasteiger partial charge in [-0.2, -0.15) is 0 Å². The summed E-state index contributed by atoms with van der Waals surface area (Å²) in [6.45, 7) is 8.27. The molecular formula is C21H30N4O2. The van der Waals surface area contributed by atoms with Crippen LogP contribution in [-0.4, -0.2) is 43.3 Å². The summed E-state index contributed by atoms with van der Waals surface area (Å²) in [6.07, 6.45) is 2.11. The molecule has 1 fully saturated rings. The van der Waals surface area contributed by atoms with E-state index in [9.17, 15) is 0 Å². The van der Waals surface area contributed by atoms with Crippen molar-refractivity contribution in [2.75, 3.05) is 37.5 Å². The average Bonchev–Trinajstić information content (AvgIpc) is 2.67. The number of aromatic nitrogens is 2. The van der Waals surface area contributed by atoms with Crippen molar-refractivity contribution in [3.63, 3.8) is 0 Å². The minimum Gasteiger partial charge on any atom is -0.497 e. The molecule has 1 aromatic heterocycles. The number of methoxy groups -OCH3 is 2. The SMILES string of the molecule is COc1cc(NC2CCN(c3cc(C)nc(C(C)C)n3)CC2)cc(OC)c1. The van der Waals surface area contributed by atoms with Crippen LogP contribution in [0.2, 0.25) is 0 Å². The van der Waals surface area contributed by atoms with Gasteiger partial charge in [-0.05, 0) is 19.8 Å². The van der Waals surface area contributed by atoms with Crippen LogP contribution in [0.3, 0.4) is 0 Å². The molecule has 0 saturated carbocycles. The number of piperidine rings is 1. The van der Waals surface area contributed by atoms with Gasteiger partial charge < -0.3 is 19.7 Å². The zero-order valence-corrected chi connectivity index (χ0v) is 17.0. The number of hydrogen-bond acceptors (Lipinski definition) is 6. The van der Waals surface area contributed by atoms with Crippen molar-refractivity contribution in [1.29, 1.82) is 0 Å². The highest BCUT2D eigenvalue weighted by Crippen LogP contribution is 2.28. The summed E-state index contributed by atoms with van der Waals surface area (Å²) in [5, 5.41) is 3.62. The molecule has 1 N–H and O–H groups in total. The molecule has 1 aliphatic heterocycles. The van der Waals surface area contributed by atoms with Gasteiger partial charge in [0, 0.05) is 60.7 Å². The third kappa shape index (κ3) is 4.81. The smallest absolute Gasteiger partial charge is 0.133 e. The van der Waals surface area contributed by atoms with E-state index in [0.29, 0.717) is 12.0 Å². The maximum Gasteiger partial charge on any atom is 0.133 e. The summed E-state index contributed by atoms with van der Waals surface area (Å²) < 4.78 is 10.7. The molecule has 146 valence electrons. The molecule has 1 aliphatic rings. The number of nitrogens with one attached hydrogen (secondary N) is 1. The summed E-state index contributed by atoms with van der Waals surface area (Å²) in [7, 11) is 3.35. The summed E-state index contributed by atoms with van der Waals surface area (Å²) >= 11 is 0. The lowest BCUT2D eigenvalue weighted by Crippen LogP contribution is -2.39. The van der Waals surface area contributed by atoms with E-state index in [1.54, 1.807) is 14.2 Å². The second kappa shape index (κ2) is 8.46. The minimum absolute atomic E-state index is 0.339. The lowest BCUT2D eigenvalue weighted by Gasteiger charge is -2.34. The number of aryl methyl sites for hydroxylation is 1. The minimum atomic E-state index is 0.339. The largest absolute Gasteiger partial charge is 0.497 e. The fraction of sp³-hybridized carbons (Fsp3) is 0.524. The van der Waals surface area contributed by atoms with Crippen LogP contribution in [0.5, 0.6) is 11.5 Å². The molecule has 0 spiro atoms. The molecule has 1 aromatic carbocycles. The van der Waals surface area contributed by atoms with Crippen molar-refractivity contribution in [1.82, 2.24) is 9.97 Å². The van der Waals surface area contributed by atoms with Crippen molar-refractivity contribution < 1.29 is 9.47 Å². The van der Waals surface area contributed by atoms with Crippen molar-refractivity contribution >= 4 is 11.5 Å². The molecule has 0 atom stereocenters. The monoisotopic (exact) mass is 370 g/mol. The standard InChI is InChI=1S/C21H30N4O2/c1-14(2)21-22-15(3)10-20(24-21)25-8-6-16(7-9-25)23-17-11-18(26-4)13-19(12-17)27-5/h10-14,16,23H,6-9H2,1-5H3. The number of nitrogens with zero attached hydrogens (tertiary/aromatic N) is 3. The van der Waals surface area contributed by atoms with Crippen LogP contribution < -0.4 is 19.7 Å². The van der Waals surface area contributed by atoms with Crippen LogP contribution in [0, 0.1) is 6.92 Å². The number of ether oxygens (including phenoxy) is 2. The predicted molar refractivity (Wildman–Crippen MR) is 109 cm³/mol. The van der Waals surface area contributed by atoms with Gasteiger partial charge in [0.15, 0.2) is 0 Å². The van der Waals surface area contributed by atoms with Crippen LogP contribution >= 0.6 is 0 Å². The van der Waals surface area contributed by atoms with E-state index in [1.807, 2.05) is 25.1 Å². The number of hydrogen-bond donors (Lipinski definition) is 1. The molecule has 6 heteroatoms. The molecule has 6 nitrogen and oxygen atoms in total. The fourth-order valence-electron chi connectivity index (χ4n) is 3.37. The highest BCUT2D eigenvalue weighted by Gasteiger charge is 2.21. The van der Waals surface area contributed by atoms with Gasteiger partial charge in [0.25, 0.3) is 0 Å². The molecule has 0 aliphatic carbocycles. The highest BCUT2D eigenvalue weighted by molar-refractivity contribution is 5.54. The molecular weight excluding hydrogens is 340 g/mol. The van der Waals surface area contributed by atoms with E-state index in [0.717, 1.165) is 60.5 Å². The zero-order valence-electron chi connectivity index (χ0n) is 17.0. The molecule has 2 aromatic rings. The summed E-state index contributed by atoms with van der Waals surface area (Å²) in [6, 6.07) is 8.42. The van der Waals surface area contributed by atoms with Crippen molar-refractivity contribution in [2.45, 2.75) is 45.6 Å². The Labute approximate surface area is 161 Å². The topological polar surface area (TPSA) is 59.5 Å². The summed E-state index contributed by atoms with van der Waals surface area (Å²) in [5.41, 5.74) is 2.07. The van der Waals surface area contributed by atoms with Gasteiger partial charge in [0.05, 0.1) is 14.2 Å². The predicted octanol–water partition coefficient (Wildman–Crippen LogP) is 4.01. The highest BCUT2D eigenvalue weighted by atomic mass is 16.5. The Morgan fingerprint density at radius 3 is 2.19 bits per heavy atom. The Morgan fingerprint density at radius 1 is 1.00 bits per heavy atom.